The summed E-state index contributed by atoms with van der Waals surface area (Å²) in [6.45, 7) is 10.7. The molecule has 21 heavy (non-hydrogen) atoms. The predicted octanol–water partition coefficient (Wildman–Crippen LogP) is 3.65. The SMILES string of the molecule is C=C(C)C(=O)OCc1ccc(NC(=O)OC(C)(C)C)cc1. The van der Waals surface area contributed by atoms with Crippen molar-refractivity contribution in [1.29, 1.82) is 0 Å². The zero-order valence-corrected chi connectivity index (χ0v) is 12.9. The topological polar surface area (TPSA) is 64.6 Å². The number of hydrogen-bond donors (Lipinski definition) is 1. The maximum absolute atomic E-state index is 11.6. The lowest BCUT2D eigenvalue weighted by Crippen LogP contribution is -2.27. The summed E-state index contributed by atoms with van der Waals surface area (Å²) in [5, 5.41) is 2.63. The van der Waals surface area contributed by atoms with Gasteiger partial charge in [0.2, 0.25) is 0 Å². The zero-order valence-electron chi connectivity index (χ0n) is 12.9. The van der Waals surface area contributed by atoms with Gasteiger partial charge in [-0.1, -0.05) is 18.7 Å². The first-order chi connectivity index (χ1) is 9.67. The van der Waals surface area contributed by atoms with Gasteiger partial charge in [-0.25, -0.2) is 9.59 Å². The molecule has 0 aliphatic heterocycles. The second-order valence-corrected chi connectivity index (χ2v) is 5.68. The van der Waals surface area contributed by atoms with Crippen LogP contribution in [0.4, 0.5) is 10.5 Å². The van der Waals surface area contributed by atoms with Gasteiger partial charge in [-0.2, -0.15) is 0 Å². The first-order valence-corrected chi connectivity index (χ1v) is 6.59. The van der Waals surface area contributed by atoms with E-state index < -0.39 is 17.7 Å². The first kappa shape index (κ1) is 16.8. The normalized spacial score (nSPS) is 10.7. The summed E-state index contributed by atoms with van der Waals surface area (Å²) in [6.07, 6.45) is -0.510. The largest absolute Gasteiger partial charge is 0.457 e. The van der Waals surface area contributed by atoms with E-state index in [4.69, 9.17) is 9.47 Å². The molecule has 0 unspecified atom stereocenters. The molecule has 0 fully saturated rings. The Morgan fingerprint density at radius 2 is 1.76 bits per heavy atom. The minimum absolute atomic E-state index is 0.165. The molecule has 114 valence electrons. The zero-order chi connectivity index (χ0) is 16.0. The predicted molar refractivity (Wildman–Crippen MR) is 80.9 cm³/mol. The van der Waals surface area contributed by atoms with Crippen molar-refractivity contribution in [1.82, 2.24) is 0 Å². The number of ether oxygens (including phenoxy) is 2. The minimum Gasteiger partial charge on any atom is -0.457 e. The Kier molecular flexibility index (Phi) is 5.52. The van der Waals surface area contributed by atoms with E-state index in [0.717, 1.165) is 5.56 Å². The summed E-state index contributed by atoms with van der Waals surface area (Å²) in [6, 6.07) is 6.96. The van der Waals surface area contributed by atoms with Crippen LogP contribution in [-0.4, -0.2) is 17.7 Å². The van der Waals surface area contributed by atoms with Crippen molar-refractivity contribution in [2.45, 2.75) is 39.9 Å². The molecule has 0 heterocycles. The van der Waals surface area contributed by atoms with Gasteiger partial charge >= 0.3 is 12.1 Å². The Morgan fingerprint density at radius 3 is 2.24 bits per heavy atom. The lowest BCUT2D eigenvalue weighted by atomic mass is 10.2. The molecular weight excluding hydrogens is 270 g/mol. The average Bonchev–Trinajstić information content (AvgIpc) is 2.35. The van der Waals surface area contributed by atoms with Gasteiger partial charge in [0.15, 0.2) is 0 Å². The first-order valence-electron chi connectivity index (χ1n) is 6.59. The molecule has 0 saturated heterocycles. The molecule has 1 aromatic rings. The van der Waals surface area contributed by atoms with E-state index in [2.05, 4.69) is 11.9 Å². The number of anilines is 1. The number of amides is 1. The Hall–Kier alpha value is -2.30. The number of nitrogens with one attached hydrogen (secondary N) is 1. The second-order valence-electron chi connectivity index (χ2n) is 5.68. The van der Waals surface area contributed by atoms with Crippen molar-refractivity contribution in [3.05, 3.63) is 42.0 Å². The molecule has 0 saturated carbocycles. The molecule has 1 N–H and O–H groups in total. The Morgan fingerprint density at radius 1 is 1.19 bits per heavy atom. The third-order valence-corrected chi connectivity index (χ3v) is 2.32. The summed E-state index contributed by atoms with van der Waals surface area (Å²) >= 11 is 0. The number of hydrogen-bond acceptors (Lipinski definition) is 4. The van der Waals surface area contributed by atoms with E-state index in [1.807, 2.05) is 0 Å². The number of benzene rings is 1. The van der Waals surface area contributed by atoms with Gasteiger partial charge in [-0.05, 0) is 45.4 Å². The summed E-state index contributed by atoms with van der Waals surface area (Å²) < 4.78 is 10.2. The smallest absolute Gasteiger partial charge is 0.412 e. The van der Waals surface area contributed by atoms with Crippen LogP contribution in [0.2, 0.25) is 0 Å². The van der Waals surface area contributed by atoms with Crippen LogP contribution < -0.4 is 5.32 Å². The van der Waals surface area contributed by atoms with E-state index >= 15 is 0 Å². The quantitative estimate of drug-likeness (QED) is 0.679. The van der Waals surface area contributed by atoms with Crippen molar-refractivity contribution in [3.63, 3.8) is 0 Å². The molecule has 1 rings (SSSR count). The van der Waals surface area contributed by atoms with E-state index in [1.54, 1.807) is 52.0 Å². The third kappa shape index (κ3) is 6.61. The van der Waals surface area contributed by atoms with E-state index in [9.17, 15) is 9.59 Å². The molecule has 0 radical (unpaired) electrons. The van der Waals surface area contributed by atoms with Crippen LogP contribution in [0.5, 0.6) is 0 Å². The third-order valence-electron chi connectivity index (χ3n) is 2.32. The monoisotopic (exact) mass is 291 g/mol. The van der Waals surface area contributed by atoms with Crippen LogP contribution in [-0.2, 0) is 20.9 Å². The van der Waals surface area contributed by atoms with Crippen molar-refractivity contribution in [2.24, 2.45) is 0 Å². The number of rotatable bonds is 4. The van der Waals surface area contributed by atoms with Crippen LogP contribution >= 0.6 is 0 Å². The van der Waals surface area contributed by atoms with Crippen molar-refractivity contribution in [3.8, 4) is 0 Å². The van der Waals surface area contributed by atoms with Gasteiger partial charge in [0.1, 0.15) is 12.2 Å². The molecule has 0 aliphatic carbocycles. The van der Waals surface area contributed by atoms with Gasteiger partial charge in [0.25, 0.3) is 0 Å². The van der Waals surface area contributed by atoms with Gasteiger partial charge in [0.05, 0.1) is 0 Å². The molecule has 0 atom stereocenters. The summed E-state index contributed by atoms with van der Waals surface area (Å²) in [7, 11) is 0. The molecule has 0 aromatic heterocycles. The van der Waals surface area contributed by atoms with Crippen molar-refractivity contribution in [2.75, 3.05) is 5.32 Å². The van der Waals surface area contributed by atoms with Crippen LogP contribution in [0.3, 0.4) is 0 Å². The highest BCUT2D eigenvalue weighted by molar-refractivity contribution is 5.87. The van der Waals surface area contributed by atoms with Gasteiger partial charge in [-0.15, -0.1) is 0 Å². The Bertz CT molecular complexity index is 526. The molecule has 0 spiro atoms. The number of esters is 1. The lowest BCUT2D eigenvalue weighted by molar-refractivity contribution is -0.140. The Balaban J connectivity index is 2.52. The standard InChI is InChI=1S/C16H21NO4/c1-11(2)14(18)20-10-12-6-8-13(9-7-12)17-15(19)21-16(3,4)5/h6-9H,1,10H2,2-5H3,(H,17,19). The van der Waals surface area contributed by atoms with Gasteiger partial charge in [-0.3, -0.25) is 5.32 Å². The van der Waals surface area contributed by atoms with E-state index in [-0.39, 0.29) is 6.61 Å². The minimum atomic E-state index is -0.541. The van der Waals surface area contributed by atoms with Crippen molar-refractivity contribution < 1.29 is 19.1 Å². The molecule has 1 amide bonds. The average molecular weight is 291 g/mol. The maximum Gasteiger partial charge on any atom is 0.412 e. The lowest BCUT2D eigenvalue weighted by Gasteiger charge is -2.19. The molecule has 1 aromatic carbocycles. The van der Waals surface area contributed by atoms with Gasteiger partial charge in [0, 0.05) is 11.3 Å². The second kappa shape index (κ2) is 6.92. The molecule has 5 heteroatoms. The summed E-state index contributed by atoms with van der Waals surface area (Å²) in [5.41, 5.74) is 1.25. The van der Waals surface area contributed by atoms with Crippen LogP contribution in [0.25, 0.3) is 0 Å². The Labute approximate surface area is 124 Å². The maximum atomic E-state index is 11.6. The molecule has 0 bridgehead atoms. The molecule has 0 aliphatic rings. The van der Waals surface area contributed by atoms with Gasteiger partial charge < -0.3 is 9.47 Å². The fourth-order valence-electron chi connectivity index (χ4n) is 1.38. The van der Waals surface area contributed by atoms with Crippen LogP contribution in [0.1, 0.15) is 33.3 Å². The summed E-state index contributed by atoms with van der Waals surface area (Å²) in [4.78, 5) is 22.9. The van der Waals surface area contributed by atoms with E-state index in [0.29, 0.717) is 11.3 Å². The van der Waals surface area contributed by atoms with Crippen LogP contribution in [0, 0.1) is 0 Å². The van der Waals surface area contributed by atoms with Crippen LogP contribution in [0.15, 0.2) is 36.4 Å². The summed E-state index contributed by atoms with van der Waals surface area (Å²) in [5.74, 6) is -0.425. The number of carbonyl (C=O) groups excluding carboxylic acids is 2. The van der Waals surface area contributed by atoms with Crippen molar-refractivity contribution >= 4 is 17.7 Å². The fourth-order valence-corrected chi connectivity index (χ4v) is 1.38. The number of carbonyl (C=O) groups is 2. The highest BCUT2D eigenvalue weighted by Gasteiger charge is 2.16. The molecular formula is C16H21NO4. The van der Waals surface area contributed by atoms with E-state index in [1.165, 1.54) is 0 Å². The molecule has 5 nitrogen and oxygen atoms in total. The fraction of sp³-hybridized carbons (Fsp3) is 0.375. The highest BCUT2D eigenvalue weighted by atomic mass is 16.6. The highest BCUT2D eigenvalue weighted by Crippen LogP contribution is 2.13.